The largest absolute Gasteiger partial charge is 0.340 e. The van der Waals surface area contributed by atoms with Gasteiger partial charge < -0.3 is 5.32 Å². The van der Waals surface area contributed by atoms with Crippen LogP contribution in [0.3, 0.4) is 0 Å². The number of fused-ring (bicyclic) bond motifs is 1. The Morgan fingerprint density at radius 3 is 2.33 bits per heavy atom. The standard InChI is InChI=1S/C19H20N2/c1-19(2,3)15-10-11-17-14(13-15)9-12-18(21-17)20-16-7-5-4-6-8-16/h4-13H,1-3H3,(H,20,21). The van der Waals surface area contributed by atoms with Crippen LogP contribution < -0.4 is 5.32 Å². The van der Waals surface area contributed by atoms with E-state index in [1.54, 1.807) is 0 Å². The highest BCUT2D eigenvalue weighted by atomic mass is 15.0. The first kappa shape index (κ1) is 13.6. The van der Waals surface area contributed by atoms with Crippen molar-refractivity contribution >= 4 is 22.4 Å². The predicted molar refractivity (Wildman–Crippen MR) is 90.2 cm³/mol. The van der Waals surface area contributed by atoms with Crippen LogP contribution in [0.4, 0.5) is 11.5 Å². The zero-order valence-electron chi connectivity index (χ0n) is 12.7. The lowest BCUT2D eigenvalue weighted by atomic mass is 9.86. The minimum Gasteiger partial charge on any atom is -0.340 e. The highest BCUT2D eigenvalue weighted by molar-refractivity contribution is 5.81. The summed E-state index contributed by atoms with van der Waals surface area (Å²) in [4.78, 5) is 4.68. The van der Waals surface area contributed by atoms with Crippen LogP contribution in [0.1, 0.15) is 26.3 Å². The third-order valence-electron chi connectivity index (χ3n) is 3.60. The molecule has 2 nitrogen and oxygen atoms in total. The van der Waals surface area contributed by atoms with Gasteiger partial charge in [0.25, 0.3) is 0 Å². The molecule has 0 aliphatic carbocycles. The summed E-state index contributed by atoms with van der Waals surface area (Å²) < 4.78 is 0. The van der Waals surface area contributed by atoms with Crippen molar-refractivity contribution in [1.82, 2.24) is 4.98 Å². The number of anilines is 2. The van der Waals surface area contributed by atoms with Crippen molar-refractivity contribution in [3.8, 4) is 0 Å². The second-order valence-corrected chi connectivity index (χ2v) is 6.34. The molecule has 2 aromatic carbocycles. The van der Waals surface area contributed by atoms with E-state index < -0.39 is 0 Å². The molecule has 3 aromatic rings. The maximum absolute atomic E-state index is 4.68. The molecule has 106 valence electrons. The topological polar surface area (TPSA) is 24.9 Å². The summed E-state index contributed by atoms with van der Waals surface area (Å²) in [5, 5.41) is 4.51. The second-order valence-electron chi connectivity index (χ2n) is 6.34. The predicted octanol–water partition coefficient (Wildman–Crippen LogP) is 5.28. The minimum atomic E-state index is 0.162. The van der Waals surface area contributed by atoms with E-state index in [4.69, 9.17) is 0 Å². The number of aromatic nitrogens is 1. The van der Waals surface area contributed by atoms with E-state index in [9.17, 15) is 0 Å². The lowest BCUT2D eigenvalue weighted by molar-refractivity contribution is 0.591. The molecule has 21 heavy (non-hydrogen) atoms. The molecule has 1 heterocycles. The molecule has 0 fully saturated rings. The molecule has 1 aromatic heterocycles. The van der Waals surface area contributed by atoms with Crippen molar-refractivity contribution in [2.75, 3.05) is 5.32 Å². The van der Waals surface area contributed by atoms with E-state index >= 15 is 0 Å². The van der Waals surface area contributed by atoms with E-state index in [-0.39, 0.29) is 5.41 Å². The molecule has 0 aliphatic rings. The number of para-hydroxylation sites is 1. The van der Waals surface area contributed by atoms with Crippen molar-refractivity contribution in [3.63, 3.8) is 0 Å². The van der Waals surface area contributed by atoms with Gasteiger partial charge in [0.1, 0.15) is 5.82 Å². The average Bonchev–Trinajstić information content (AvgIpc) is 2.47. The van der Waals surface area contributed by atoms with Crippen molar-refractivity contribution in [3.05, 3.63) is 66.2 Å². The molecule has 0 radical (unpaired) electrons. The molecule has 0 atom stereocenters. The number of nitrogens with one attached hydrogen (secondary N) is 1. The quantitative estimate of drug-likeness (QED) is 0.689. The molecule has 0 saturated heterocycles. The highest BCUT2D eigenvalue weighted by Crippen LogP contribution is 2.26. The summed E-state index contributed by atoms with van der Waals surface area (Å²) in [6, 6.07) is 20.8. The monoisotopic (exact) mass is 276 g/mol. The van der Waals surface area contributed by atoms with Gasteiger partial charge in [0.05, 0.1) is 5.52 Å². The van der Waals surface area contributed by atoms with Gasteiger partial charge in [0.15, 0.2) is 0 Å². The summed E-state index contributed by atoms with van der Waals surface area (Å²) in [6.07, 6.45) is 0. The zero-order valence-corrected chi connectivity index (χ0v) is 12.7. The Kier molecular flexibility index (Phi) is 3.38. The number of pyridine rings is 1. The molecule has 0 amide bonds. The molecular formula is C19H20N2. The van der Waals surface area contributed by atoms with Crippen LogP contribution in [0, 0.1) is 0 Å². The molecule has 3 rings (SSSR count). The van der Waals surface area contributed by atoms with Crippen LogP contribution in [-0.4, -0.2) is 4.98 Å². The van der Waals surface area contributed by atoms with Crippen LogP contribution in [0.5, 0.6) is 0 Å². The van der Waals surface area contributed by atoms with Crippen LogP contribution in [0.15, 0.2) is 60.7 Å². The van der Waals surface area contributed by atoms with Crippen molar-refractivity contribution in [1.29, 1.82) is 0 Å². The van der Waals surface area contributed by atoms with Gasteiger partial charge in [-0.05, 0) is 47.4 Å². The Labute approximate surface area is 125 Å². The number of nitrogens with zero attached hydrogens (tertiary/aromatic N) is 1. The van der Waals surface area contributed by atoms with Crippen LogP contribution in [-0.2, 0) is 5.41 Å². The molecule has 0 spiro atoms. The third-order valence-corrected chi connectivity index (χ3v) is 3.60. The maximum Gasteiger partial charge on any atom is 0.131 e. The number of benzene rings is 2. The fourth-order valence-electron chi connectivity index (χ4n) is 2.33. The molecule has 0 aliphatic heterocycles. The lowest BCUT2D eigenvalue weighted by Crippen LogP contribution is -2.10. The maximum atomic E-state index is 4.68. The van der Waals surface area contributed by atoms with Crippen LogP contribution in [0.25, 0.3) is 10.9 Å². The van der Waals surface area contributed by atoms with Gasteiger partial charge in [-0.25, -0.2) is 4.98 Å². The fourth-order valence-corrected chi connectivity index (χ4v) is 2.33. The third kappa shape index (κ3) is 3.05. The van der Waals surface area contributed by atoms with E-state index in [2.05, 4.69) is 55.3 Å². The highest BCUT2D eigenvalue weighted by Gasteiger charge is 2.13. The molecule has 0 saturated carbocycles. The number of hydrogen-bond acceptors (Lipinski definition) is 2. The Morgan fingerprint density at radius 2 is 1.62 bits per heavy atom. The van der Waals surface area contributed by atoms with Gasteiger partial charge in [-0.2, -0.15) is 0 Å². The average molecular weight is 276 g/mol. The van der Waals surface area contributed by atoms with E-state index in [1.807, 2.05) is 36.4 Å². The van der Waals surface area contributed by atoms with E-state index in [0.29, 0.717) is 0 Å². The Balaban J connectivity index is 1.94. The Morgan fingerprint density at radius 1 is 0.857 bits per heavy atom. The fraction of sp³-hybridized carbons (Fsp3) is 0.211. The first-order chi connectivity index (χ1) is 10.0. The van der Waals surface area contributed by atoms with Gasteiger partial charge in [-0.15, -0.1) is 0 Å². The summed E-state index contributed by atoms with van der Waals surface area (Å²) in [5.41, 5.74) is 3.56. The Hall–Kier alpha value is -2.35. The first-order valence-electron chi connectivity index (χ1n) is 7.26. The molecule has 0 unspecified atom stereocenters. The normalized spacial score (nSPS) is 11.6. The Bertz CT molecular complexity index is 755. The molecule has 1 N–H and O–H groups in total. The van der Waals surface area contributed by atoms with Crippen LogP contribution >= 0.6 is 0 Å². The zero-order chi connectivity index (χ0) is 14.9. The van der Waals surface area contributed by atoms with Crippen LogP contribution in [0.2, 0.25) is 0 Å². The molecular weight excluding hydrogens is 256 g/mol. The van der Waals surface area contributed by atoms with Gasteiger partial charge in [0.2, 0.25) is 0 Å². The van der Waals surface area contributed by atoms with E-state index in [1.165, 1.54) is 10.9 Å². The summed E-state index contributed by atoms with van der Waals surface area (Å²) in [6.45, 7) is 6.69. The van der Waals surface area contributed by atoms with Crippen molar-refractivity contribution < 1.29 is 0 Å². The lowest BCUT2D eigenvalue weighted by Gasteiger charge is -2.19. The smallest absolute Gasteiger partial charge is 0.131 e. The van der Waals surface area contributed by atoms with Gasteiger partial charge in [-0.1, -0.05) is 45.0 Å². The summed E-state index contributed by atoms with van der Waals surface area (Å²) in [5.74, 6) is 0.872. The minimum absolute atomic E-state index is 0.162. The SMILES string of the molecule is CC(C)(C)c1ccc2nc(Nc3ccccc3)ccc2c1. The number of hydrogen-bond donors (Lipinski definition) is 1. The molecule has 0 bridgehead atoms. The summed E-state index contributed by atoms with van der Waals surface area (Å²) in [7, 11) is 0. The van der Waals surface area contributed by atoms with Gasteiger partial charge in [-0.3, -0.25) is 0 Å². The van der Waals surface area contributed by atoms with Crippen molar-refractivity contribution in [2.45, 2.75) is 26.2 Å². The molecule has 2 heteroatoms. The van der Waals surface area contributed by atoms with E-state index in [0.717, 1.165) is 17.0 Å². The van der Waals surface area contributed by atoms with Crippen molar-refractivity contribution in [2.24, 2.45) is 0 Å². The first-order valence-corrected chi connectivity index (χ1v) is 7.26. The van der Waals surface area contributed by atoms with Gasteiger partial charge >= 0.3 is 0 Å². The van der Waals surface area contributed by atoms with Gasteiger partial charge in [0, 0.05) is 11.1 Å². The summed E-state index contributed by atoms with van der Waals surface area (Å²) >= 11 is 0. The second kappa shape index (κ2) is 5.21. The number of rotatable bonds is 2.